The molecule has 2 aromatic carbocycles. The van der Waals surface area contributed by atoms with Crippen LogP contribution in [0.1, 0.15) is 0 Å². The van der Waals surface area contributed by atoms with E-state index >= 15 is 0 Å². The molecule has 0 bridgehead atoms. The van der Waals surface area contributed by atoms with Crippen molar-refractivity contribution in [3.63, 3.8) is 0 Å². The quantitative estimate of drug-likeness (QED) is 0.536. The second-order valence-corrected chi connectivity index (χ2v) is 6.31. The summed E-state index contributed by atoms with van der Waals surface area (Å²) in [5.74, 6) is 1.96. The maximum Gasteiger partial charge on any atom is 0.330 e. The highest BCUT2D eigenvalue weighted by Crippen LogP contribution is 2.38. The third-order valence-corrected chi connectivity index (χ3v) is 4.88. The van der Waals surface area contributed by atoms with Crippen LogP contribution >= 0.6 is 11.3 Å². The first kappa shape index (κ1) is 16.1. The zero-order chi connectivity index (χ0) is 18.1. The first-order valence-electron chi connectivity index (χ1n) is 7.64. The summed E-state index contributed by atoms with van der Waals surface area (Å²) in [6, 6.07) is 9.25. The van der Waals surface area contributed by atoms with Crippen LogP contribution in [0.2, 0.25) is 0 Å². The maximum atomic E-state index is 7.21. The molecule has 7 nitrogen and oxygen atoms in total. The number of hydrogen-bond acceptors (Lipinski definition) is 7. The molecular formula is C18H13N5O2S. The van der Waals surface area contributed by atoms with Crippen LogP contribution in [-0.4, -0.2) is 29.2 Å². The van der Waals surface area contributed by atoms with E-state index in [-0.39, 0.29) is 0 Å². The van der Waals surface area contributed by atoms with Crippen LogP contribution in [0.4, 0.5) is 16.6 Å². The van der Waals surface area contributed by atoms with Crippen molar-refractivity contribution in [2.45, 2.75) is 0 Å². The average molecular weight is 363 g/mol. The topological polar surface area (TPSA) is 73.5 Å². The molecule has 0 amide bonds. The van der Waals surface area contributed by atoms with Gasteiger partial charge in [-0.15, -0.1) is 16.3 Å². The molecule has 0 atom stereocenters. The summed E-state index contributed by atoms with van der Waals surface area (Å²) in [5.41, 5.74) is 2.29. The summed E-state index contributed by atoms with van der Waals surface area (Å²) in [5, 5.41) is 4.53. The van der Waals surface area contributed by atoms with Crippen molar-refractivity contribution in [1.82, 2.24) is 15.0 Å². The number of thiazole rings is 1. The predicted molar refractivity (Wildman–Crippen MR) is 102 cm³/mol. The maximum absolute atomic E-state index is 7.21. The van der Waals surface area contributed by atoms with Gasteiger partial charge in [-0.3, -0.25) is 0 Å². The standard InChI is InChI=1S/C18H13N5O2S/c1-19-18-23-13-7-6-12-15(16(13)26-18)17(21-9-20-12)22-11-5-4-10(24-2)8-14(11)25-3/h4-9H,2-3H3,(H,20,21,22). The Labute approximate surface area is 153 Å². The first-order valence-corrected chi connectivity index (χ1v) is 8.46. The molecule has 0 aliphatic rings. The van der Waals surface area contributed by atoms with E-state index in [2.05, 4.69) is 25.1 Å². The van der Waals surface area contributed by atoms with E-state index in [1.807, 2.05) is 24.3 Å². The van der Waals surface area contributed by atoms with E-state index in [9.17, 15) is 0 Å². The summed E-state index contributed by atoms with van der Waals surface area (Å²) < 4.78 is 11.6. The molecule has 8 heteroatoms. The van der Waals surface area contributed by atoms with Crippen molar-refractivity contribution in [3.05, 3.63) is 48.1 Å². The fraction of sp³-hybridized carbons (Fsp3) is 0.111. The minimum absolute atomic E-state index is 0.393. The number of methoxy groups -OCH3 is 2. The molecular weight excluding hydrogens is 350 g/mol. The molecule has 0 saturated carbocycles. The molecule has 26 heavy (non-hydrogen) atoms. The van der Waals surface area contributed by atoms with Crippen molar-refractivity contribution >= 4 is 49.1 Å². The van der Waals surface area contributed by atoms with Crippen molar-refractivity contribution in [2.75, 3.05) is 19.5 Å². The lowest BCUT2D eigenvalue weighted by Gasteiger charge is -2.13. The van der Waals surface area contributed by atoms with Crippen LogP contribution in [0, 0.1) is 6.57 Å². The molecule has 4 rings (SSSR count). The summed E-state index contributed by atoms with van der Waals surface area (Å²) in [7, 11) is 3.21. The highest BCUT2D eigenvalue weighted by molar-refractivity contribution is 7.23. The largest absolute Gasteiger partial charge is 0.497 e. The number of benzene rings is 2. The third-order valence-electron chi connectivity index (χ3n) is 3.90. The minimum Gasteiger partial charge on any atom is -0.497 e. The van der Waals surface area contributed by atoms with E-state index in [4.69, 9.17) is 16.0 Å². The molecule has 0 aliphatic carbocycles. The first-order chi connectivity index (χ1) is 12.7. The van der Waals surface area contributed by atoms with Gasteiger partial charge in [0.2, 0.25) is 0 Å². The van der Waals surface area contributed by atoms with Gasteiger partial charge in [-0.1, -0.05) is 6.57 Å². The minimum atomic E-state index is 0.393. The Morgan fingerprint density at radius 1 is 1.08 bits per heavy atom. The Kier molecular flexibility index (Phi) is 3.99. The zero-order valence-corrected chi connectivity index (χ0v) is 14.8. The molecule has 0 spiro atoms. The van der Waals surface area contributed by atoms with Gasteiger partial charge in [0, 0.05) is 6.07 Å². The SMILES string of the molecule is [C-]#[N+]c1nc2ccc3ncnc(Nc4ccc(OC)cc4OC)c3c2s1. The number of anilines is 2. The molecule has 0 fully saturated rings. The number of ether oxygens (including phenoxy) is 2. The Morgan fingerprint density at radius 2 is 1.92 bits per heavy atom. The Morgan fingerprint density at radius 3 is 2.69 bits per heavy atom. The second-order valence-electron chi connectivity index (χ2n) is 5.33. The summed E-state index contributed by atoms with van der Waals surface area (Å²) >= 11 is 1.33. The van der Waals surface area contributed by atoms with Gasteiger partial charge >= 0.3 is 5.13 Å². The molecule has 0 unspecified atom stereocenters. The van der Waals surface area contributed by atoms with Gasteiger partial charge in [-0.05, 0) is 24.3 Å². The monoisotopic (exact) mass is 363 g/mol. The van der Waals surface area contributed by atoms with E-state index < -0.39 is 0 Å². The zero-order valence-electron chi connectivity index (χ0n) is 14.0. The highest BCUT2D eigenvalue weighted by Gasteiger charge is 2.15. The number of rotatable bonds is 4. The van der Waals surface area contributed by atoms with E-state index in [0.717, 1.165) is 26.8 Å². The number of fused-ring (bicyclic) bond motifs is 3. The fourth-order valence-corrected chi connectivity index (χ4v) is 3.59. The van der Waals surface area contributed by atoms with E-state index in [1.54, 1.807) is 20.3 Å². The number of nitrogens with zero attached hydrogens (tertiary/aromatic N) is 4. The normalized spacial score (nSPS) is 10.7. The lowest BCUT2D eigenvalue weighted by Crippen LogP contribution is -1.99. The summed E-state index contributed by atoms with van der Waals surface area (Å²) in [6.07, 6.45) is 1.50. The Hall–Kier alpha value is -3.44. The smallest absolute Gasteiger partial charge is 0.330 e. The van der Waals surface area contributed by atoms with Gasteiger partial charge in [0.1, 0.15) is 23.6 Å². The molecule has 2 heterocycles. The molecule has 1 N–H and O–H groups in total. The molecule has 2 aromatic heterocycles. The highest BCUT2D eigenvalue weighted by atomic mass is 32.1. The number of nitrogens with one attached hydrogen (secondary N) is 1. The van der Waals surface area contributed by atoms with Crippen LogP contribution < -0.4 is 14.8 Å². The summed E-state index contributed by atoms with van der Waals surface area (Å²) in [4.78, 5) is 16.5. The second kappa shape index (κ2) is 6.46. The third kappa shape index (κ3) is 2.64. The van der Waals surface area contributed by atoms with Crippen LogP contribution in [0.25, 0.3) is 26.0 Å². The molecule has 0 aliphatic heterocycles. The number of hydrogen-bond donors (Lipinski definition) is 1. The van der Waals surface area contributed by atoms with Gasteiger partial charge in [0.05, 0.1) is 35.5 Å². The molecule has 128 valence electrons. The number of aromatic nitrogens is 3. The lowest BCUT2D eigenvalue weighted by molar-refractivity contribution is 0.395. The fourth-order valence-electron chi connectivity index (χ4n) is 2.69. The van der Waals surface area contributed by atoms with Crippen molar-refractivity contribution < 1.29 is 9.47 Å². The van der Waals surface area contributed by atoms with Crippen LogP contribution in [-0.2, 0) is 0 Å². The van der Waals surface area contributed by atoms with Crippen LogP contribution in [0.5, 0.6) is 11.5 Å². The molecule has 0 saturated heterocycles. The Bertz CT molecular complexity index is 1170. The molecule has 0 radical (unpaired) electrons. The summed E-state index contributed by atoms with van der Waals surface area (Å²) in [6.45, 7) is 7.21. The van der Waals surface area contributed by atoms with E-state index in [0.29, 0.717) is 22.4 Å². The van der Waals surface area contributed by atoms with Gasteiger partial charge < -0.3 is 19.6 Å². The van der Waals surface area contributed by atoms with Gasteiger partial charge in [-0.25, -0.2) is 9.97 Å². The Balaban J connectivity index is 1.89. The van der Waals surface area contributed by atoms with Crippen molar-refractivity contribution in [3.8, 4) is 11.5 Å². The van der Waals surface area contributed by atoms with Gasteiger partial charge in [0.25, 0.3) is 0 Å². The average Bonchev–Trinajstić information content (AvgIpc) is 3.12. The van der Waals surface area contributed by atoms with Gasteiger partial charge in [0.15, 0.2) is 5.52 Å². The van der Waals surface area contributed by atoms with E-state index in [1.165, 1.54) is 17.7 Å². The lowest BCUT2D eigenvalue weighted by atomic mass is 10.2. The molecule has 4 aromatic rings. The van der Waals surface area contributed by atoms with Crippen molar-refractivity contribution in [1.29, 1.82) is 0 Å². The van der Waals surface area contributed by atoms with Crippen LogP contribution in [0.15, 0.2) is 36.7 Å². The van der Waals surface area contributed by atoms with Crippen LogP contribution in [0.3, 0.4) is 0 Å². The van der Waals surface area contributed by atoms with Gasteiger partial charge in [-0.2, -0.15) is 0 Å². The van der Waals surface area contributed by atoms with Crippen molar-refractivity contribution in [2.24, 2.45) is 0 Å². The predicted octanol–water partition coefficient (Wildman–Crippen LogP) is 4.55.